The molecule has 61 heavy (non-hydrogen) atoms. The van der Waals surface area contributed by atoms with Gasteiger partial charge in [-0.05, 0) is 104 Å². The second-order valence-corrected chi connectivity index (χ2v) is 18.6. The minimum atomic E-state index is -4.06. The van der Waals surface area contributed by atoms with Crippen molar-refractivity contribution in [3.05, 3.63) is 96.1 Å². The van der Waals surface area contributed by atoms with Crippen LogP contribution in [0.25, 0.3) is 0 Å². The van der Waals surface area contributed by atoms with Crippen LogP contribution in [0.3, 0.4) is 0 Å². The molecule has 0 bridgehead atoms. The average molecular weight is 871 g/mol. The van der Waals surface area contributed by atoms with Crippen molar-refractivity contribution >= 4 is 33.8 Å². The second-order valence-electron chi connectivity index (χ2n) is 16.7. The van der Waals surface area contributed by atoms with Crippen LogP contribution in [-0.4, -0.2) is 115 Å². The Bertz CT molecular complexity index is 1900. The third kappa shape index (κ3) is 21.5. The van der Waals surface area contributed by atoms with E-state index >= 15 is 0 Å². The Morgan fingerprint density at radius 3 is 1.52 bits per heavy atom. The van der Waals surface area contributed by atoms with Crippen molar-refractivity contribution in [3.8, 4) is 5.75 Å². The van der Waals surface area contributed by atoms with Gasteiger partial charge in [-0.2, -0.15) is 4.31 Å². The molecule has 0 heterocycles. The lowest BCUT2D eigenvalue weighted by molar-refractivity contribution is -0.117. The zero-order chi connectivity index (χ0) is 45.8. The third-order valence-electron chi connectivity index (χ3n) is 8.74. The van der Waals surface area contributed by atoms with Crippen molar-refractivity contribution in [3.63, 3.8) is 0 Å². The number of hydrogen-bond acceptors (Lipinski definition) is 12. The van der Waals surface area contributed by atoms with Crippen molar-refractivity contribution in [2.24, 2.45) is 0 Å². The van der Waals surface area contributed by atoms with Crippen LogP contribution < -0.4 is 20.7 Å². The van der Waals surface area contributed by atoms with Gasteiger partial charge in [0.15, 0.2) is 0 Å². The van der Waals surface area contributed by atoms with Crippen LogP contribution in [-0.2, 0) is 41.9 Å². The van der Waals surface area contributed by atoms with E-state index < -0.39 is 57.7 Å². The number of carbonyl (C=O) groups is 4. The Morgan fingerprint density at radius 2 is 1.11 bits per heavy atom. The molecule has 0 aliphatic heterocycles. The van der Waals surface area contributed by atoms with Gasteiger partial charge < -0.3 is 40.4 Å². The van der Waals surface area contributed by atoms with Gasteiger partial charge in [-0.25, -0.2) is 18.0 Å². The normalized spacial score (nSPS) is 13.7. The maximum Gasteiger partial charge on any atom is 0.407 e. The van der Waals surface area contributed by atoms with E-state index in [9.17, 15) is 37.8 Å². The summed E-state index contributed by atoms with van der Waals surface area (Å²) in [4.78, 5) is 47.2. The summed E-state index contributed by atoms with van der Waals surface area (Å²) >= 11 is 0. The highest BCUT2D eigenvalue weighted by molar-refractivity contribution is 7.89. The van der Waals surface area contributed by atoms with E-state index in [-0.39, 0.29) is 48.9 Å². The van der Waals surface area contributed by atoms with Crippen LogP contribution in [0.1, 0.15) is 79.4 Å². The molecule has 0 aliphatic carbocycles. The first-order chi connectivity index (χ1) is 28.5. The van der Waals surface area contributed by atoms with E-state index in [0.717, 1.165) is 15.4 Å². The quantitative estimate of drug-likeness (QED) is 0.0874. The summed E-state index contributed by atoms with van der Waals surface area (Å²) < 4.78 is 43.6. The van der Waals surface area contributed by atoms with Gasteiger partial charge >= 0.3 is 12.2 Å². The molecule has 0 radical (unpaired) electrons. The van der Waals surface area contributed by atoms with Gasteiger partial charge in [0.05, 0.1) is 36.3 Å². The van der Waals surface area contributed by atoms with Crippen molar-refractivity contribution in [1.82, 2.24) is 20.3 Å². The number of hydrogen-bond donors (Lipinski definition) is 5. The number of aliphatic hydroxyl groups is 2. The van der Waals surface area contributed by atoms with E-state index in [1.54, 1.807) is 41.5 Å². The highest BCUT2D eigenvalue weighted by Crippen LogP contribution is 2.21. The Kier molecular flexibility index (Phi) is 21.6. The first-order valence-electron chi connectivity index (χ1n) is 20.3. The van der Waals surface area contributed by atoms with Crippen LogP contribution in [0.2, 0.25) is 0 Å². The molecule has 3 rings (SSSR count). The number of benzene rings is 3. The number of nitrogens with one attached hydrogen (secondary N) is 3. The molecular weight excluding hydrogens is 805 g/mol. The number of aliphatic hydroxyl groups excluding tert-OH is 2. The summed E-state index contributed by atoms with van der Waals surface area (Å²) in [6, 6.07) is 23.3. The molecule has 0 unspecified atom stereocenters. The van der Waals surface area contributed by atoms with Gasteiger partial charge in [-0.15, -0.1) is 0 Å². The van der Waals surface area contributed by atoms with Crippen LogP contribution in [0, 0.1) is 0 Å². The Hall–Kier alpha value is -4.87. The number of carbonyl (C=O) groups excluding carboxylic acids is 4. The first kappa shape index (κ1) is 52.3. The highest BCUT2D eigenvalue weighted by atomic mass is 32.2. The van der Waals surface area contributed by atoms with Crippen LogP contribution in [0.4, 0.5) is 9.59 Å². The molecule has 3 aromatic carbocycles. The zero-order valence-corrected chi connectivity index (χ0v) is 37.8. The molecular formula is C45H66N4O11S. The summed E-state index contributed by atoms with van der Waals surface area (Å²) in [6.07, 6.45) is -2.27. The minimum Gasteiger partial charge on any atom is -0.497 e. The smallest absolute Gasteiger partial charge is 0.407 e. The topological polar surface area (TPSA) is 210 Å². The summed E-state index contributed by atoms with van der Waals surface area (Å²) in [5.41, 5.74) is 0.487. The molecule has 5 N–H and O–H groups in total. The number of sulfonamides is 1. The highest BCUT2D eigenvalue weighted by Gasteiger charge is 2.32. The van der Waals surface area contributed by atoms with E-state index in [2.05, 4.69) is 16.0 Å². The summed E-state index contributed by atoms with van der Waals surface area (Å²) in [6.45, 7) is 13.8. The van der Waals surface area contributed by atoms with Gasteiger partial charge in [-0.1, -0.05) is 60.7 Å². The predicted molar refractivity (Wildman–Crippen MR) is 234 cm³/mol. The molecule has 15 nitrogen and oxygen atoms in total. The Labute approximate surface area is 361 Å². The second kappa shape index (κ2) is 25.2. The van der Waals surface area contributed by atoms with Gasteiger partial charge in [0.2, 0.25) is 10.0 Å². The molecule has 0 aromatic heterocycles. The maximum absolute atomic E-state index is 13.4. The van der Waals surface area contributed by atoms with Crippen LogP contribution in [0.15, 0.2) is 89.8 Å². The number of rotatable bonds is 21. The minimum absolute atomic E-state index is 0.00115. The molecule has 4 atom stereocenters. The summed E-state index contributed by atoms with van der Waals surface area (Å²) in [7, 11) is -2.58. The molecule has 0 saturated heterocycles. The number of methoxy groups -OCH3 is 1. The van der Waals surface area contributed by atoms with Gasteiger partial charge in [0.1, 0.15) is 28.5 Å². The lowest BCUT2D eigenvalue weighted by Gasteiger charge is -2.30. The molecule has 16 heteroatoms. The lowest BCUT2D eigenvalue weighted by atomic mass is 10.0. The van der Waals surface area contributed by atoms with E-state index in [0.29, 0.717) is 25.1 Å². The summed E-state index contributed by atoms with van der Waals surface area (Å²) in [5, 5.41) is 30.1. The van der Waals surface area contributed by atoms with Crippen molar-refractivity contribution in [2.75, 3.05) is 33.3 Å². The van der Waals surface area contributed by atoms with Gasteiger partial charge in [0, 0.05) is 39.0 Å². The maximum atomic E-state index is 13.4. The fourth-order valence-electron chi connectivity index (χ4n) is 5.70. The van der Waals surface area contributed by atoms with Crippen LogP contribution in [0.5, 0.6) is 5.75 Å². The summed E-state index contributed by atoms with van der Waals surface area (Å²) in [5.74, 6) is 0.399. The number of ether oxygens (including phenoxy) is 3. The zero-order valence-electron chi connectivity index (χ0n) is 37.0. The van der Waals surface area contributed by atoms with Gasteiger partial charge in [0.25, 0.3) is 0 Å². The number of nitrogens with zero attached hydrogens (tertiary/aromatic N) is 1. The van der Waals surface area contributed by atoms with Crippen molar-refractivity contribution in [2.45, 2.75) is 121 Å². The standard InChI is InChI=1S/C26H36N2O7S.C19H30N2O4/c1-19(29)15-16-28(36(32,33)22-13-11-21(34-5)12-14-22)18-24(30)23(17-20-9-7-6-8-10-20)27-25(31)35-26(2,3)4;1-14(22)10-11-20-13-17(23)16(12-15-8-6-5-7-9-15)21-18(24)25-19(2,3)4/h6-14,23-24,30H,15-18H2,1-5H3,(H,27,31);5-9,16-17,20,23H,10-13H2,1-4H3,(H,21,24)/t23-,24+;16-,17+/m00/s1. The number of alkyl carbamates (subject to hydrolysis) is 2. The van der Waals surface area contributed by atoms with Crippen molar-refractivity contribution in [1.29, 1.82) is 0 Å². The monoisotopic (exact) mass is 870 g/mol. The molecule has 2 amide bonds. The molecule has 0 aliphatic rings. The Balaban J connectivity index is 0.000000449. The molecule has 0 fully saturated rings. The fraction of sp³-hybridized carbons (Fsp3) is 0.511. The van der Waals surface area contributed by atoms with E-state index in [1.807, 2.05) is 60.7 Å². The predicted octanol–water partition coefficient (Wildman–Crippen LogP) is 5.21. The van der Waals surface area contributed by atoms with Crippen LogP contribution >= 0.6 is 0 Å². The van der Waals surface area contributed by atoms with E-state index in [1.165, 1.54) is 45.2 Å². The van der Waals surface area contributed by atoms with Gasteiger partial charge in [-0.3, -0.25) is 9.59 Å². The SMILES string of the molecule is CC(=O)CCNC[C@@H](O)[C@H](Cc1ccccc1)NC(=O)OC(C)(C)C.COc1ccc(S(=O)(=O)N(CCC(C)=O)C[C@@H](O)[C@H](Cc2ccccc2)NC(=O)OC(C)(C)C)cc1. The Morgan fingerprint density at radius 1 is 0.672 bits per heavy atom. The average Bonchev–Trinajstić information content (AvgIpc) is 3.17. The molecule has 0 spiro atoms. The fourth-order valence-corrected chi connectivity index (χ4v) is 7.16. The number of ketones is 2. The largest absolute Gasteiger partial charge is 0.497 e. The van der Waals surface area contributed by atoms with E-state index in [4.69, 9.17) is 14.2 Å². The lowest BCUT2D eigenvalue weighted by Crippen LogP contribution is -2.51. The third-order valence-corrected chi connectivity index (χ3v) is 10.6. The molecule has 3 aromatic rings. The van der Waals surface area contributed by atoms with Crippen molar-refractivity contribution < 1.29 is 52.0 Å². The molecule has 338 valence electrons. The first-order valence-corrected chi connectivity index (χ1v) is 21.7. The number of amides is 2. The molecule has 0 saturated carbocycles. The number of Topliss-reactive ketones (excluding diaryl/α,β-unsaturated/α-hetero) is 2.